The third-order valence-electron chi connectivity index (χ3n) is 10.2. The fourth-order valence-corrected chi connectivity index (χ4v) is 6.65. The lowest BCUT2D eigenvalue weighted by atomic mass is 9.97. The van der Waals surface area contributed by atoms with Crippen LogP contribution in [0, 0.1) is 59.6 Å². The van der Waals surface area contributed by atoms with E-state index >= 15 is 0 Å². The summed E-state index contributed by atoms with van der Waals surface area (Å²) in [4.78, 5) is 21.6. The molecule has 2 unspecified atom stereocenters. The molecule has 336 valence electrons. The summed E-state index contributed by atoms with van der Waals surface area (Å²) in [5.41, 5.74) is 11.9. The van der Waals surface area contributed by atoms with Gasteiger partial charge in [0, 0.05) is 31.8 Å². The summed E-state index contributed by atoms with van der Waals surface area (Å²) < 4.78 is 42.3. The highest BCUT2D eigenvalue weighted by Gasteiger charge is 2.24. The maximum absolute atomic E-state index is 13.9. The van der Waals surface area contributed by atoms with E-state index in [2.05, 4.69) is 118 Å². The van der Waals surface area contributed by atoms with Crippen LogP contribution in [0.5, 0.6) is 11.5 Å². The van der Waals surface area contributed by atoms with Crippen LogP contribution in [-0.2, 0) is 17.8 Å². The highest BCUT2D eigenvalue weighted by molar-refractivity contribution is 5.69. The first kappa shape index (κ1) is 48.5. The maximum atomic E-state index is 13.9. The van der Waals surface area contributed by atoms with Gasteiger partial charge in [0.25, 0.3) is 11.4 Å². The Morgan fingerprint density at radius 1 is 0.719 bits per heavy atom. The summed E-state index contributed by atoms with van der Waals surface area (Å²) in [6.45, 7) is 11.1. The van der Waals surface area contributed by atoms with Gasteiger partial charge in [0.05, 0.1) is 28.6 Å². The van der Waals surface area contributed by atoms with E-state index in [4.69, 9.17) is 14.2 Å². The van der Waals surface area contributed by atoms with Crippen LogP contribution in [-0.4, -0.2) is 72.5 Å². The molecule has 2 atom stereocenters. The molecule has 0 saturated carbocycles. The van der Waals surface area contributed by atoms with E-state index in [1.807, 2.05) is 19.0 Å². The van der Waals surface area contributed by atoms with E-state index in [-0.39, 0.29) is 42.2 Å². The minimum absolute atomic E-state index is 0.0103. The first-order valence-corrected chi connectivity index (χ1v) is 20.7. The fourth-order valence-electron chi connectivity index (χ4n) is 6.65. The van der Waals surface area contributed by atoms with E-state index < -0.39 is 27.6 Å². The minimum atomic E-state index is -0.844. The van der Waals surface area contributed by atoms with Gasteiger partial charge in [0.2, 0.25) is 0 Å². The molecule has 2 N–H and O–H groups in total. The number of aliphatic hydroxyl groups excluding tert-OH is 1. The second-order valence-electron chi connectivity index (χ2n) is 15.7. The number of aryl methyl sites for hydroxylation is 4. The lowest BCUT2D eigenvalue weighted by molar-refractivity contribution is -0.385. The first-order chi connectivity index (χ1) is 30.6. The van der Waals surface area contributed by atoms with Gasteiger partial charge < -0.3 is 24.6 Å². The smallest absolute Gasteiger partial charge is 0.272 e. The van der Waals surface area contributed by atoms with E-state index in [1.165, 1.54) is 68.8 Å². The van der Waals surface area contributed by atoms with Crippen molar-refractivity contribution in [1.29, 1.82) is 0 Å². The number of likely N-dealkylation sites (N-methyl/N-ethyl adjacent to an activating group) is 1. The van der Waals surface area contributed by atoms with Crippen LogP contribution in [0.1, 0.15) is 33.4 Å². The Morgan fingerprint density at radius 2 is 1.19 bits per heavy atom. The van der Waals surface area contributed by atoms with E-state index in [0.29, 0.717) is 19.7 Å². The molecule has 6 aromatic carbocycles. The monoisotopic (exact) mass is 876 g/mol. The van der Waals surface area contributed by atoms with Crippen LogP contribution in [0.2, 0.25) is 0 Å². The molecule has 1 saturated heterocycles. The number of nitro benzene ring substituents is 2. The van der Waals surface area contributed by atoms with Gasteiger partial charge in [0.1, 0.15) is 25.4 Å². The van der Waals surface area contributed by atoms with Crippen LogP contribution in [0.4, 0.5) is 20.2 Å². The number of halogens is 2. The van der Waals surface area contributed by atoms with E-state index in [1.54, 1.807) is 0 Å². The molecule has 0 aromatic heterocycles. The van der Waals surface area contributed by atoms with Crippen LogP contribution in [0.25, 0.3) is 22.3 Å². The molecule has 0 spiro atoms. The van der Waals surface area contributed by atoms with Gasteiger partial charge in [-0.05, 0) is 98.4 Å². The SMILES string of the molecule is CNCc1ccc(-c2cc(C)ccc2C)cc1.Cc1ccc(C)c(-c2ccc(CN(C)CC(O)COc3ccc([N+](=O)[O-])cc3F)cc2)c1.O=[N+]([O-])c1ccc(OCC2CO2)c(F)c1. The Balaban J connectivity index is 0.000000201. The molecule has 1 fully saturated rings. The average molecular weight is 877 g/mol. The number of aliphatic hydroxyl groups is 1. The molecule has 0 amide bonds. The molecule has 1 heterocycles. The molecule has 1 aliphatic heterocycles. The summed E-state index contributed by atoms with van der Waals surface area (Å²) in [6.07, 6.45) is -0.816. The van der Waals surface area contributed by atoms with Crippen LogP contribution in [0.3, 0.4) is 0 Å². The zero-order chi connectivity index (χ0) is 46.3. The van der Waals surface area contributed by atoms with Gasteiger partial charge in [0.15, 0.2) is 23.1 Å². The number of nitrogens with one attached hydrogen (secondary N) is 1. The number of epoxide rings is 1. The molecule has 7 rings (SSSR count). The summed E-state index contributed by atoms with van der Waals surface area (Å²) in [5.74, 6) is -1.68. The molecular formula is C50H54F2N4O8. The number of nitro groups is 2. The van der Waals surface area contributed by atoms with Crippen molar-refractivity contribution in [3.63, 3.8) is 0 Å². The predicted octanol–water partition coefficient (Wildman–Crippen LogP) is 10.1. The Labute approximate surface area is 372 Å². The highest BCUT2D eigenvalue weighted by atomic mass is 19.1. The standard InChI is InChI=1S/C25H27FN2O4.C16H19N.C9H8FNO4/c1-17-4-5-18(2)23(12-17)20-8-6-19(7-9-20)14-27(3)15-22(29)16-32-25-11-10-21(28(30)31)13-24(25)26;1-12-4-5-13(2)16(10-12)15-8-6-14(7-9-15)11-17-3;10-8-3-6(11(12)13)1-2-9(8)15-5-7-4-14-7/h4-13,22,29H,14-16H2,1-3H3;4-10,17H,11H2,1-3H3;1-3,7H,4-5H2. The van der Waals surface area contributed by atoms with E-state index in [0.717, 1.165) is 29.8 Å². The van der Waals surface area contributed by atoms with Gasteiger partial charge in [-0.3, -0.25) is 25.1 Å². The molecule has 1 aliphatic rings. The number of rotatable bonds is 16. The summed E-state index contributed by atoms with van der Waals surface area (Å²) >= 11 is 0. The van der Waals surface area contributed by atoms with Crippen molar-refractivity contribution >= 4 is 11.4 Å². The molecule has 12 nitrogen and oxygen atoms in total. The Morgan fingerprint density at radius 3 is 1.62 bits per heavy atom. The lowest BCUT2D eigenvalue weighted by Gasteiger charge is -2.21. The van der Waals surface area contributed by atoms with Crippen molar-refractivity contribution < 1.29 is 37.9 Å². The molecule has 6 aromatic rings. The summed E-state index contributed by atoms with van der Waals surface area (Å²) in [7, 11) is 3.85. The van der Waals surface area contributed by atoms with Gasteiger partial charge in [-0.15, -0.1) is 0 Å². The van der Waals surface area contributed by atoms with Crippen molar-refractivity contribution in [2.24, 2.45) is 0 Å². The number of ether oxygens (including phenoxy) is 3. The van der Waals surface area contributed by atoms with E-state index in [9.17, 15) is 34.1 Å². The average Bonchev–Trinajstić information content (AvgIpc) is 4.10. The zero-order valence-electron chi connectivity index (χ0n) is 36.8. The number of nitrogens with zero attached hydrogens (tertiary/aromatic N) is 3. The third-order valence-corrected chi connectivity index (χ3v) is 10.2. The number of non-ortho nitro benzene ring substituents is 2. The fraction of sp³-hybridized carbons (Fsp3) is 0.280. The van der Waals surface area contributed by atoms with Crippen molar-refractivity contribution in [2.45, 2.75) is 53.0 Å². The normalized spacial score (nSPS) is 13.2. The second-order valence-corrected chi connectivity index (χ2v) is 15.7. The molecule has 64 heavy (non-hydrogen) atoms. The van der Waals surface area contributed by atoms with Crippen molar-refractivity contribution in [3.8, 4) is 33.8 Å². The highest BCUT2D eigenvalue weighted by Crippen LogP contribution is 2.28. The Bertz CT molecular complexity index is 2500. The zero-order valence-corrected chi connectivity index (χ0v) is 36.8. The van der Waals surface area contributed by atoms with Gasteiger partial charge in [-0.2, -0.15) is 0 Å². The van der Waals surface area contributed by atoms with Crippen LogP contribution in [0.15, 0.2) is 121 Å². The van der Waals surface area contributed by atoms with Crippen molar-refractivity contribution in [2.75, 3.05) is 40.5 Å². The predicted molar refractivity (Wildman–Crippen MR) is 245 cm³/mol. The molecule has 0 radical (unpaired) electrons. The Hall–Kier alpha value is -6.58. The summed E-state index contributed by atoms with van der Waals surface area (Å²) in [5, 5.41) is 34.4. The topological polar surface area (TPSA) is 153 Å². The van der Waals surface area contributed by atoms with Crippen LogP contribution >= 0.6 is 0 Å². The molecular weight excluding hydrogens is 823 g/mol. The first-order valence-electron chi connectivity index (χ1n) is 20.7. The second kappa shape index (κ2) is 23.2. The molecule has 0 bridgehead atoms. The van der Waals surface area contributed by atoms with Gasteiger partial charge in [-0.25, -0.2) is 8.78 Å². The Kier molecular flexibility index (Phi) is 17.6. The summed E-state index contributed by atoms with van der Waals surface area (Å²) in [6, 6.07) is 36.6. The van der Waals surface area contributed by atoms with Crippen molar-refractivity contribution in [3.05, 3.63) is 187 Å². The third kappa shape index (κ3) is 14.8. The number of hydrogen-bond donors (Lipinski definition) is 2. The molecule has 0 aliphatic carbocycles. The van der Waals surface area contributed by atoms with Crippen LogP contribution < -0.4 is 14.8 Å². The van der Waals surface area contributed by atoms with Gasteiger partial charge in [-0.1, -0.05) is 96.1 Å². The lowest BCUT2D eigenvalue weighted by Crippen LogP contribution is -2.32. The quantitative estimate of drug-likeness (QED) is 0.0546. The largest absolute Gasteiger partial charge is 0.488 e. The minimum Gasteiger partial charge on any atom is -0.488 e. The van der Waals surface area contributed by atoms with Gasteiger partial charge >= 0.3 is 0 Å². The van der Waals surface area contributed by atoms with Crippen molar-refractivity contribution in [1.82, 2.24) is 10.2 Å². The number of benzene rings is 6. The molecule has 14 heteroatoms. The maximum Gasteiger partial charge on any atom is 0.272 e. The number of hydrogen-bond acceptors (Lipinski definition) is 10.